The number of aromatic nitrogens is 2. The molecule has 2 heterocycles. The van der Waals surface area contributed by atoms with E-state index in [1.165, 1.54) is 15.3 Å². The van der Waals surface area contributed by atoms with Crippen LogP contribution in [0, 0.1) is 6.92 Å². The zero-order chi connectivity index (χ0) is 17.5. The third-order valence-electron chi connectivity index (χ3n) is 3.73. The summed E-state index contributed by atoms with van der Waals surface area (Å²) in [5.41, 5.74) is 1.19. The number of hydrogen-bond acceptors (Lipinski definition) is 4. The number of nitrogens with zero attached hydrogens (tertiary/aromatic N) is 4. The molecule has 2 aromatic heterocycles. The van der Waals surface area contributed by atoms with E-state index in [2.05, 4.69) is 66.9 Å². The summed E-state index contributed by atoms with van der Waals surface area (Å²) in [7, 11) is 6.11. The standard InChI is InChI=1S/C17H28N6S/c1-6-18-17(19-10-15-8-7-13(2)24-15)20-11-16(22(3)4)14-9-21-23(5)12-14/h7-9,12,16H,6,10-11H2,1-5H3,(H2,18,19,20). The van der Waals surface area contributed by atoms with E-state index < -0.39 is 0 Å². The molecule has 7 heteroatoms. The van der Waals surface area contributed by atoms with Gasteiger partial charge < -0.3 is 15.5 Å². The van der Waals surface area contributed by atoms with Crippen LogP contribution in [0.3, 0.4) is 0 Å². The van der Waals surface area contributed by atoms with Gasteiger partial charge >= 0.3 is 0 Å². The molecule has 1 atom stereocenters. The van der Waals surface area contributed by atoms with Crippen LogP contribution in [0.25, 0.3) is 0 Å². The Bertz CT molecular complexity index is 658. The minimum absolute atomic E-state index is 0.242. The molecule has 2 N–H and O–H groups in total. The first-order chi connectivity index (χ1) is 11.5. The Balaban J connectivity index is 2.00. The Labute approximate surface area is 148 Å². The van der Waals surface area contributed by atoms with Crippen molar-refractivity contribution in [3.05, 3.63) is 39.8 Å². The van der Waals surface area contributed by atoms with Crippen molar-refractivity contribution in [1.82, 2.24) is 25.3 Å². The number of rotatable bonds is 7. The van der Waals surface area contributed by atoms with Crippen LogP contribution in [-0.2, 0) is 13.6 Å². The molecule has 0 aliphatic carbocycles. The van der Waals surface area contributed by atoms with Gasteiger partial charge in [-0.15, -0.1) is 11.3 Å². The van der Waals surface area contributed by atoms with Crippen molar-refractivity contribution in [2.45, 2.75) is 26.4 Å². The molecule has 2 rings (SSSR count). The number of thiophene rings is 1. The molecule has 0 aliphatic heterocycles. The minimum atomic E-state index is 0.242. The smallest absolute Gasteiger partial charge is 0.191 e. The lowest BCUT2D eigenvalue weighted by molar-refractivity contribution is 0.298. The molecule has 0 aliphatic rings. The predicted molar refractivity (Wildman–Crippen MR) is 102 cm³/mol. The number of hydrogen-bond donors (Lipinski definition) is 2. The number of likely N-dealkylation sites (N-methyl/N-ethyl adjacent to an activating group) is 1. The van der Waals surface area contributed by atoms with Crippen molar-refractivity contribution < 1.29 is 0 Å². The van der Waals surface area contributed by atoms with Gasteiger partial charge in [-0.2, -0.15) is 5.10 Å². The molecule has 6 nitrogen and oxygen atoms in total. The minimum Gasteiger partial charge on any atom is -0.357 e. The van der Waals surface area contributed by atoms with E-state index in [0.717, 1.165) is 19.0 Å². The van der Waals surface area contributed by atoms with Gasteiger partial charge in [0.1, 0.15) is 0 Å². The second kappa shape index (κ2) is 8.84. The van der Waals surface area contributed by atoms with Crippen LogP contribution in [0.15, 0.2) is 29.5 Å². The van der Waals surface area contributed by atoms with Gasteiger partial charge in [0.2, 0.25) is 0 Å². The maximum Gasteiger partial charge on any atom is 0.191 e. The Morgan fingerprint density at radius 3 is 2.71 bits per heavy atom. The molecule has 0 bridgehead atoms. The van der Waals surface area contributed by atoms with Crippen LogP contribution in [-0.4, -0.2) is 47.8 Å². The number of nitrogens with one attached hydrogen (secondary N) is 2. The summed E-state index contributed by atoms with van der Waals surface area (Å²) in [4.78, 5) is 9.48. The van der Waals surface area contributed by atoms with Gasteiger partial charge in [0.05, 0.1) is 18.8 Å². The molecule has 0 saturated carbocycles. The molecule has 24 heavy (non-hydrogen) atoms. The van der Waals surface area contributed by atoms with Crippen LogP contribution in [0.2, 0.25) is 0 Å². The Kier molecular flexibility index (Phi) is 6.81. The van der Waals surface area contributed by atoms with E-state index >= 15 is 0 Å². The zero-order valence-corrected chi connectivity index (χ0v) is 16.0. The molecule has 0 fully saturated rings. The molecular weight excluding hydrogens is 320 g/mol. The third kappa shape index (κ3) is 5.35. The van der Waals surface area contributed by atoms with Crippen molar-refractivity contribution >= 4 is 17.3 Å². The third-order valence-corrected chi connectivity index (χ3v) is 4.71. The lowest BCUT2D eigenvalue weighted by Gasteiger charge is -2.24. The van der Waals surface area contributed by atoms with E-state index in [-0.39, 0.29) is 6.04 Å². The van der Waals surface area contributed by atoms with Crippen LogP contribution in [0.1, 0.15) is 28.3 Å². The second-order valence-corrected chi connectivity index (χ2v) is 7.39. The maximum absolute atomic E-state index is 4.69. The van der Waals surface area contributed by atoms with Crippen molar-refractivity contribution in [2.24, 2.45) is 12.0 Å². The van der Waals surface area contributed by atoms with Crippen molar-refractivity contribution in [3.8, 4) is 0 Å². The van der Waals surface area contributed by atoms with E-state index in [1.807, 2.05) is 17.9 Å². The van der Waals surface area contributed by atoms with Crippen LogP contribution < -0.4 is 10.6 Å². The predicted octanol–water partition coefficient (Wildman–Crippen LogP) is 2.15. The molecular formula is C17H28N6S. The summed E-state index contributed by atoms with van der Waals surface area (Å²) < 4.78 is 1.84. The Morgan fingerprint density at radius 2 is 2.17 bits per heavy atom. The molecule has 132 valence electrons. The summed E-state index contributed by atoms with van der Waals surface area (Å²) in [6.45, 7) is 6.52. The highest BCUT2D eigenvalue weighted by molar-refractivity contribution is 7.11. The van der Waals surface area contributed by atoms with E-state index in [4.69, 9.17) is 4.99 Å². The Morgan fingerprint density at radius 1 is 1.38 bits per heavy atom. The zero-order valence-electron chi connectivity index (χ0n) is 15.2. The van der Waals surface area contributed by atoms with Gasteiger partial charge in [-0.25, -0.2) is 4.99 Å². The summed E-state index contributed by atoms with van der Waals surface area (Å²) >= 11 is 1.79. The van der Waals surface area contributed by atoms with Gasteiger partial charge in [-0.05, 0) is 40.1 Å². The van der Waals surface area contributed by atoms with E-state index in [0.29, 0.717) is 6.54 Å². The molecule has 0 saturated heterocycles. The quantitative estimate of drug-likeness (QED) is 0.595. The molecule has 0 aromatic carbocycles. The summed E-state index contributed by atoms with van der Waals surface area (Å²) in [5.74, 6) is 0.847. The normalized spacial score (nSPS) is 13.3. The summed E-state index contributed by atoms with van der Waals surface area (Å²) in [6, 6.07) is 4.53. The lowest BCUT2D eigenvalue weighted by Crippen LogP contribution is -2.41. The maximum atomic E-state index is 4.69. The second-order valence-electron chi connectivity index (χ2n) is 6.02. The average molecular weight is 349 g/mol. The number of aryl methyl sites for hydroxylation is 2. The van der Waals surface area contributed by atoms with Gasteiger partial charge in [0.25, 0.3) is 0 Å². The monoisotopic (exact) mass is 348 g/mol. The molecule has 2 aromatic rings. The van der Waals surface area contributed by atoms with Gasteiger partial charge in [0.15, 0.2) is 5.96 Å². The average Bonchev–Trinajstić information content (AvgIpc) is 3.13. The van der Waals surface area contributed by atoms with E-state index in [1.54, 1.807) is 11.3 Å². The number of guanidine groups is 1. The highest BCUT2D eigenvalue weighted by Gasteiger charge is 2.16. The first-order valence-electron chi connectivity index (χ1n) is 8.22. The highest BCUT2D eigenvalue weighted by Crippen LogP contribution is 2.17. The molecule has 0 spiro atoms. The lowest BCUT2D eigenvalue weighted by atomic mass is 10.1. The topological polar surface area (TPSA) is 57.5 Å². The first kappa shape index (κ1) is 18.5. The van der Waals surface area contributed by atoms with Gasteiger partial charge in [-0.3, -0.25) is 4.68 Å². The van der Waals surface area contributed by atoms with Crippen molar-refractivity contribution in [1.29, 1.82) is 0 Å². The fraction of sp³-hybridized carbons (Fsp3) is 0.529. The van der Waals surface area contributed by atoms with Gasteiger partial charge in [-0.1, -0.05) is 0 Å². The van der Waals surface area contributed by atoms with Crippen molar-refractivity contribution in [2.75, 3.05) is 27.2 Å². The van der Waals surface area contributed by atoms with Crippen LogP contribution >= 0.6 is 11.3 Å². The molecule has 0 amide bonds. The van der Waals surface area contributed by atoms with Gasteiger partial charge in [0, 0.05) is 41.7 Å². The van der Waals surface area contributed by atoms with Crippen molar-refractivity contribution in [3.63, 3.8) is 0 Å². The molecule has 1 unspecified atom stereocenters. The summed E-state index contributed by atoms with van der Waals surface area (Å²) in [6.07, 6.45) is 3.98. The van der Waals surface area contributed by atoms with Crippen LogP contribution in [0.4, 0.5) is 0 Å². The molecule has 0 radical (unpaired) electrons. The number of aliphatic imine (C=N–C) groups is 1. The summed E-state index contributed by atoms with van der Waals surface area (Å²) in [5, 5.41) is 11.0. The Hall–Kier alpha value is -1.86. The fourth-order valence-electron chi connectivity index (χ4n) is 2.47. The van der Waals surface area contributed by atoms with E-state index in [9.17, 15) is 0 Å². The first-order valence-corrected chi connectivity index (χ1v) is 9.03. The fourth-order valence-corrected chi connectivity index (χ4v) is 3.29. The highest BCUT2D eigenvalue weighted by atomic mass is 32.1. The van der Waals surface area contributed by atoms with Crippen LogP contribution in [0.5, 0.6) is 0 Å². The largest absolute Gasteiger partial charge is 0.357 e. The SMILES string of the molecule is CCNC(=NCc1ccc(C)s1)NCC(c1cnn(C)c1)N(C)C.